The van der Waals surface area contributed by atoms with E-state index in [9.17, 15) is 4.79 Å². The summed E-state index contributed by atoms with van der Waals surface area (Å²) >= 11 is 0. The lowest BCUT2D eigenvalue weighted by molar-refractivity contribution is 0.0934. The number of fused-ring (bicyclic) bond motifs is 2. The smallest absolute Gasteiger partial charge is 0.251 e. The molecular weight excluding hydrogens is 314 g/mol. The fourth-order valence-corrected chi connectivity index (χ4v) is 3.44. The van der Waals surface area contributed by atoms with Gasteiger partial charge in [0.1, 0.15) is 5.52 Å². The van der Waals surface area contributed by atoms with Crippen molar-refractivity contribution in [2.24, 2.45) is 0 Å². The maximum atomic E-state index is 12.5. The average molecular weight is 335 g/mol. The normalized spacial score (nSPS) is 17.4. The second-order valence-corrected chi connectivity index (χ2v) is 6.67. The van der Waals surface area contributed by atoms with E-state index in [2.05, 4.69) is 46.5 Å². The van der Waals surface area contributed by atoms with Gasteiger partial charge in [-0.25, -0.2) is 4.98 Å². The Kier molecular flexibility index (Phi) is 4.01. The Morgan fingerprint density at radius 3 is 2.92 bits per heavy atom. The minimum absolute atomic E-state index is 0.0804. The summed E-state index contributed by atoms with van der Waals surface area (Å²) in [6.07, 6.45) is 0.952. The second-order valence-electron chi connectivity index (χ2n) is 6.67. The topological polar surface area (TPSA) is 58.4 Å². The molecule has 1 aliphatic rings. The zero-order valence-electron chi connectivity index (χ0n) is 14.5. The molecule has 1 aliphatic heterocycles. The summed E-state index contributed by atoms with van der Waals surface area (Å²) in [5, 5.41) is 3.06. The molecule has 5 nitrogen and oxygen atoms in total. The van der Waals surface area contributed by atoms with E-state index in [0.29, 0.717) is 29.6 Å². The number of benzene rings is 2. The molecule has 2 heterocycles. The van der Waals surface area contributed by atoms with Crippen LogP contribution in [0.1, 0.15) is 27.4 Å². The molecule has 4 rings (SSSR count). The van der Waals surface area contributed by atoms with Crippen molar-refractivity contribution >= 4 is 17.0 Å². The fourth-order valence-electron chi connectivity index (χ4n) is 3.44. The molecule has 0 spiro atoms. The van der Waals surface area contributed by atoms with Gasteiger partial charge >= 0.3 is 0 Å². The van der Waals surface area contributed by atoms with Crippen molar-refractivity contribution in [3.8, 4) is 0 Å². The summed E-state index contributed by atoms with van der Waals surface area (Å²) in [5.41, 5.74) is 4.77. The molecule has 0 bridgehead atoms. The van der Waals surface area contributed by atoms with Crippen molar-refractivity contribution in [2.45, 2.75) is 25.9 Å². The molecule has 0 unspecified atom stereocenters. The molecule has 128 valence electrons. The van der Waals surface area contributed by atoms with Gasteiger partial charge in [-0.3, -0.25) is 9.69 Å². The minimum Gasteiger partial charge on any atom is -0.441 e. The number of nitrogens with zero attached hydrogens (tertiary/aromatic N) is 2. The van der Waals surface area contributed by atoms with Gasteiger partial charge in [-0.05, 0) is 42.8 Å². The predicted octanol–water partition coefficient (Wildman–Crippen LogP) is 2.92. The fraction of sp³-hybridized carbons (Fsp3) is 0.300. The van der Waals surface area contributed by atoms with E-state index in [-0.39, 0.29) is 5.91 Å². The van der Waals surface area contributed by atoms with Gasteiger partial charge in [-0.15, -0.1) is 0 Å². The number of nitrogens with one attached hydrogen (secondary N) is 1. The SMILES string of the molecule is Cc1nc2ccc(C(=O)NC[C@@H]3Cc4ccccc4CN3C)cc2o1. The van der Waals surface area contributed by atoms with Gasteiger partial charge < -0.3 is 9.73 Å². The first-order chi connectivity index (χ1) is 12.1. The van der Waals surface area contributed by atoms with Gasteiger partial charge in [0.05, 0.1) is 0 Å². The first kappa shape index (κ1) is 15.8. The zero-order chi connectivity index (χ0) is 17.4. The second kappa shape index (κ2) is 6.33. The molecule has 2 aromatic carbocycles. The Balaban J connectivity index is 1.44. The molecule has 0 saturated carbocycles. The number of carbonyl (C=O) groups excluding carboxylic acids is 1. The lowest BCUT2D eigenvalue weighted by Gasteiger charge is -2.34. The highest BCUT2D eigenvalue weighted by Gasteiger charge is 2.23. The highest BCUT2D eigenvalue weighted by atomic mass is 16.3. The van der Waals surface area contributed by atoms with Crippen LogP contribution in [-0.4, -0.2) is 35.4 Å². The molecule has 1 atom stereocenters. The molecular formula is C20H21N3O2. The van der Waals surface area contributed by atoms with E-state index < -0.39 is 0 Å². The Labute approximate surface area is 146 Å². The third-order valence-electron chi connectivity index (χ3n) is 4.87. The van der Waals surface area contributed by atoms with E-state index in [1.54, 1.807) is 19.1 Å². The van der Waals surface area contributed by atoms with Crippen LogP contribution in [0.2, 0.25) is 0 Å². The summed E-state index contributed by atoms with van der Waals surface area (Å²) in [6, 6.07) is 14.2. The molecule has 0 fully saturated rings. The van der Waals surface area contributed by atoms with E-state index in [0.717, 1.165) is 18.5 Å². The standard InChI is InChI=1S/C20H21N3O2/c1-13-22-18-8-7-15(10-19(18)25-13)20(24)21-11-17-9-14-5-3-4-6-16(14)12-23(17)2/h3-8,10,17H,9,11-12H2,1-2H3,(H,21,24)/t17-/m0/s1. The van der Waals surface area contributed by atoms with Gasteiger partial charge in [0.2, 0.25) is 0 Å². The summed E-state index contributed by atoms with van der Waals surface area (Å²) < 4.78 is 5.51. The highest BCUT2D eigenvalue weighted by molar-refractivity contribution is 5.97. The van der Waals surface area contributed by atoms with Crippen molar-refractivity contribution in [1.82, 2.24) is 15.2 Å². The summed E-state index contributed by atoms with van der Waals surface area (Å²) in [5.74, 6) is 0.526. The van der Waals surface area contributed by atoms with Crippen LogP contribution in [0, 0.1) is 6.92 Å². The van der Waals surface area contributed by atoms with Gasteiger partial charge in [-0.1, -0.05) is 24.3 Å². The van der Waals surface area contributed by atoms with Crippen molar-refractivity contribution < 1.29 is 9.21 Å². The maximum absolute atomic E-state index is 12.5. The van der Waals surface area contributed by atoms with Crippen LogP contribution < -0.4 is 5.32 Å². The maximum Gasteiger partial charge on any atom is 0.251 e. The molecule has 25 heavy (non-hydrogen) atoms. The van der Waals surface area contributed by atoms with E-state index in [1.165, 1.54) is 11.1 Å². The molecule has 0 saturated heterocycles. The van der Waals surface area contributed by atoms with Gasteiger partial charge in [0.25, 0.3) is 5.91 Å². The number of hydrogen-bond donors (Lipinski definition) is 1. The number of aryl methyl sites for hydroxylation is 1. The first-order valence-corrected chi connectivity index (χ1v) is 8.52. The highest BCUT2D eigenvalue weighted by Crippen LogP contribution is 2.22. The largest absolute Gasteiger partial charge is 0.441 e. The van der Waals surface area contributed by atoms with Crippen molar-refractivity contribution in [3.05, 3.63) is 65.0 Å². The number of oxazole rings is 1. The van der Waals surface area contributed by atoms with Crippen molar-refractivity contribution in [1.29, 1.82) is 0 Å². The number of rotatable bonds is 3. The minimum atomic E-state index is -0.0804. The number of amides is 1. The number of carbonyl (C=O) groups is 1. The van der Waals surface area contributed by atoms with Crippen LogP contribution in [0.3, 0.4) is 0 Å². The molecule has 1 amide bonds. The number of likely N-dealkylation sites (N-methyl/N-ethyl adjacent to an activating group) is 1. The van der Waals surface area contributed by atoms with Crippen molar-refractivity contribution in [3.63, 3.8) is 0 Å². The van der Waals surface area contributed by atoms with Gasteiger partial charge in [0, 0.05) is 31.6 Å². The van der Waals surface area contributed by atoms with Gasteiger partial charge in [0.15, 0.2) is 11.5 Å². The Morgan fingerprint density at radius 1 is 1.28 bits per heavy atom. The Hall–Kier alpha value is -2.66. The average Bonchev–Trinajstić information content (AvgIpc) is 2.98. The van der Waals surface area contributed by atoms with Crippen LogP contribution in [0.5, 0.6) is 0 Å². The lowest BCUT2D eigenvalue weighted by Crippen LogP contribution is -2.45. The molecule has 0 radical (unpaired) electrons. The summed E-state index contributed by atoms with van der Waals surface area (Å²) in [4.78, 5) is 19.1. The van der Waals surface area contributed by atoms with E-state index in [4.69, 9.17) is 4.42 Å². The van der Waals surface area contributed by atoms with E-state index >= 15 is 0 Å². The van der Waals surface area contributed by atoms with Crippen LogP contribution in [-0.2, 0) is 13.0 Å². The van der Waals surface area contributed by atoms with Crippen molar-refractivity contribution in [2.75, 3.05) is 13.6 Å². The third kappa shape index (κ3) is 3.15. The molecule has 0 aliphatic carbocycles. The first-order valence-electron chi connectivity index (χ1n) is 8.52. The third-order valence-corrected chi connectivity index (χ3v) is 4.87. The Morgan fingerprint density at radius 2 is 2.08 bits per heavy atom. The van der Waals surface area contributed by atoms with Crippen LogP contribution in [0.15, 0.2) is 46.9 Å². The zero-order valence-corrected chi connectivity index (χ0v) is 14.5. The lowest BCUT2D eigenvalue weighted by atomic mass is 9.94. The van der Waals surface area contributed by atoms with Crippen LogP contribution in [0.25, 0.3) is 11.1 Å². The van der Waals surface area contributed by atoms with Crippen LogP contribution >= 0.6 is 0 Å². The molecule has 1 N–H and O–H groups in total. The Bertz CT molecular complexity index is 932. The van der Waals surface area contributed by atoms with E-state index in [1.807, 2.05) is 6.07 Å². The van der Waals surface area contributed by atoms with Gasteiger partial charge in [-0.2, -0.15) is 0 Å². The van der Waals surface area contributed by atoms with Crippen LogP contribution in [0.4, 0.5) is 0 Å². The molecule has 3 aromatic rings. The number of hydrogen-bond acceptors (Lipinski definition) is 4. The predicted molar refractivity (Wildman–Crippen MR) is 96.5 cm³/mol. The monoisotopic (exact) mass is 335 g/mol. The summed E-state index contributed by atoms with van der Waals surface area (Å²) in [6.45, 7) is 3.34. The number of aromatic nitrogens is 1. The molecule has 5 heteroatoms. The summed E-state index contributed by atoms with van der Waals surface area (Å²) in [7, 11) is 2.11. The molecule has 1 aromatic heterocycles. The quantitative estimate of drug-likeness (QED) is 0.799.